The first-order valence-electron chi connectivity index (χ1n) is 8.72. The quantitative estimate of drug-likeness (QED) is 0.708. The van der Waals surface area contributed by atoms with Crippen LogP contribution in [0.25, 0.3) is 0 Å². The first kappa shape index (κ1) is 17.9. The lowest BCUT2D eigenvalue weighted by Gasteiger charge is -2.21. The Labute approximate surface area is 137 Å². The van der Waals surface area contributed by atoms with E-state index in [-0.39, 0.29) is 12.3 Å². The molecule has 1 aromatic rings. The fourth-order valence-electron chi connectivity index (χ4n) is 3.38. The summed E-state index contributed by atoms with van der Waals surface area (Å²) in [6, 6.07) is 0. The second kappa shape index (κ2) is 9.65. The Morgan fingerprint density at radius 1 is 1.39 bits per heavy atom. The summed E-state index contributed by atoms with van der Waals surface area (Å²) in [5.74, 6) is 0.866. The first-order chi connectivity index (χ1) is 11.2. The van der Waals surface area contributed by atoms with Gasteiger partial charge in [0.2, 0.25) is 5.89 Å². The lowest BCUT2D eigenvalue weighted by atomic mass is 9.84. The molecule has 1 atom stereocenters. The molecule has 0 aliphatic heterocycles. The van der Waals surface area contributed by atoms with E-state index in [2.05, 4.69) is 10.1 Å². The highest BCUT2D eigenvalue weighted by Gasteiger charge is 2.23. The number of rotatable bonds is 10. The van der Waals surface area contributed by atoms with Crippen LogP contribution in [0.1, 0.15) is 75.4 Å². The van der Waals surface area contributed by atoms with Crippen molar-refractivity contribution in [2.24, 2.45) is 5.92 Å². The largest absolute Gasteiger partial charge is 0.481 e. The van der Waals surface area contributed by atoms with Crippen molar-refractivity contribution in [1.29, 1.82) is 0 Å². The third kappa shape index (κ3) is 6.29. The molecular formula is C17H28N2O4. The summed E-state index contributed by atoms with van der Waals surface area (Å²) in [7, 11) is 1.62. The summed E-state index contributed by atoms with van der Waals surface area (Å²) >= 11 is 0. The minimum atomic E-state index is -0.815. The van der Waals surface area contributed by atoms with E-state index in [1.165, 1.54) is 38.5 Å². The SMILES string of the molecule is COCCc1noc(C(CCCC2CCCCC2)CC(=O)O)n1. The van der Waals surface area contributed by atoms with E-state index in [0.717, 1.165) is 18.8 Å². The summed E-state index contributed by atoms with van der Waals surface area (Å²) in [4.78, 5) is 15.5. The molecule has 1 saturated carbocycles. The van der Waals surface area contributed by atoms with Crippen molar-refractivity contribution >= 4 is 5.97 Å². The van der Waals surface area contributed by atoms with Crippen LogP contribution in [0.2, 0.25) is 0 Å². The number of carbonyl (C=O) groups is 1. The minimum absolute atomic E-state index is 0.0522. The fraction of sp³-hybridized carbons (Fsp3) is 0.824. The van der Waals surface area contributed by atoms with E-state index >= 15 is 0 Å². The average Bonchev–Trinajstić information content (AvgIpc) is 3.01. The summed E-state index contributed by atoms with van der Waals surface area (Å²) in [5, 5.41) is 13.1. The van der Waals surface area contributed by atoms with Crippen molar-refractivity contribution in [1.82, 2.24) is 10.1 Å². The molecule has 1 fully saturated rings. The molecule has 1 unspecified atom stereocenters. The minimum Gasteiger partial charge on any atom is -0.481 e. The third-order valence-electron chi connectivity index (χ3n) is 4.67. The Morgan fingerprint density at radius 2 is 2.17 bits per heavy atom. The molecule has 1 aliphatic rings. The monoisotopic (exact) mass is 324 g/mol. The number of aliphatic carboxylic acids is 1. The topological polar surface area (TPSA) is 85.5 Å². The van der Waals surface area contributed by atoms with Gasteiger partial charge in [-0.15, -0.1) is 0 Å². The Balaban J connectivity index is 1.85. The summed E-state index contributed by atoms with van der Waals surface area (Å²) < 4.78 is 10.3. The van der Waals surface area contributed by atoms with Gasteiger partial charge in [-0.2, -0.15) is 4.98 Å². The second-order valence-electron chi connectivity index (χ2n) is 6.52. The molecule has 0 saturated heterocycles. The van der Waals surface area contributed by atoms with Crippen LogP contribution in [0.5, 0.6) is 0 Å². The number of nitrogens with zero attached hydrogens (tertiary/aromatic N) is 2. The van der Waals surface area contributed by atoms with Crippen LogP contribution in [-0.4, -0.2) is 34.9 Å². The fourth-order valence-corrected chi connectivity index (χ4v) is 3.38. The predicted molar refractivity (Wildman–Crippen MR) is 85.3 cm³/mol. The standard InChI is InChI=1S/C17H28N2O4/c1-22-11-10-15-18-17(23-19-15)14(12-16(20)21)9-5-8-13-6-3-2-4-7-13/h13-14H,2-12H2,1H3,(H,20,21). The highest BCUT2D eigenvalue weighted by molar-refractivity contribution is 5.67. The zero-order chi connectivity index (χ0) is 16.5. The van der Waals surface area contributed by atoms with Crippen LogP contribution in [0.3, 0.4) is 0 Å². The maximum absolute atomic E-state index is 11.1. The molecule has 0 radical (unpaired) electrons. The Morgan fingerprint density at radius 3 is 2.87 bits per heavy atom. The number of carboxylic acids is 1. The maximum Gasteiger partial charge on any atom is 0.304 e. The Hall–Kier alpha value is -1.43. The molecule has 1 aromatic heterocycles. The average molecular weight is 324 g/mol. The zero-order valence-electron chi connectivity index (χ0n) is 14.0. The van der Waals surface area contributed by atoms with Gasteiger partial charge in [0.15, 0.2) is 5.82 Å². The molecule has 2 rings (SSSR count). The van der Waals surface area contributed by atoms with Crippen molar-refractivity contribution in [3.63, 3.8) is 0 Å². The molecule has 0 spiro atoms. The lowest BCUT2D eigenvalue weighted by molar-refractivity contribution is -0.137. The maximum atomic E-state index is 11.1. The van der Waals surface area contributed by atoms with Crippen LogP contribution in [0, 0.1) is 5.92 Å². The highest BCUT2D eigenvalue weighted by atomic mass is 16.5. The van der Waals surface area contributed by atoms with Crippen LogP contribution in [-0.2, 0) is 16.0 Å². The van der Waals surface area contributed by atoms with Crippen LogP contribution in [0.15, 0.2) is 4.52 Å². The molecule has 6 nitrogen and oxygen atoms in total. The molecule has 6 heteroatoms. The molecular weight excluding hydrogens is 296 g/mol. The highest BCUT2D eigenvalue weighted by Crippen LogP contribution is 2.31. The van der Waals surface area contributed by atoms with Gasteiger partial charge in [0.25, 0.3) is 0 Å². The molecule has 1 aliphatic carbocycles. The molecule has 0 aromatic carbocycles. The van der Waals surface area contributed by atoms with Crippen molar-refractivity contribution < 1.29 is 19.2 Å². The zero-order valence-corrected chi connectivity index (χ0v) is 14.0. The smallest absolute Gasteiger partial charge is 0.304 e. The van der Waals surface area contributed by atoms with E-state index < -0.39 is 5.97 Å². The Kier molecular flexibility index (Phi) is 7.52. The van der Waals surface area contributed by atoms with Gasteiger partial charge >= 0.3 is 5.97 Å². The summed E-state index contributed by atoms with van der Waals surface area (Å²) in [6.07, 6.45) is 10.3. The number of methoxy groups -OCH3 is 1. The second-order valence-corrected chi connectivity index (χ2v) is 6.52. The van der Waals surface area contributed by atoms with Gasteiger partial charge in [-0.05, 0) is 12.3 Å². The Bertz CT molecular complexity index is 469. The normalized spacial score (nSPS) is 17.3. The van der Waals surface area contributed by atoms with E-state index in [0.29, 0.717) is 24.7 Å². The van der Waals surface area contributed by atoms with E-state index in [4.69, 9.17) is 14.4 Å². The van der Waals surface area contributed by atoms with Crippen molar-refractivity contribution in [3.8, 4) is 0 Å². The molecule has 23 heavy (non-hydrogen) atoms. The van der Waals surface area contributed by atoms with Crippen LogP contribution >= 0.6 is 0 Å². The van der Waals surface area contributed by atoms with E-state index in [1.807, 2.05) is 0 Å². The molecule has 0 amide bonds. The summed E-state index contributed by atoms with van der Waals surface area (Å²) in [6.45, 7) is 0.532. The van der Waals surface area contributed by atoms with Crippen LogP contribution < -0.4 is 0 Å². The van der Waals surface area contributed by atoms with Gasteiger partial charge in [-0.1, -0.05) is 50.1 Å². The predicted octanol–water partition coefficient (Wildman–Crippen LogP) is 3.57. The number of hydrogen-bond donors (Lipinski definition) is 1. The summed E-state index contributed by atoms with van der Waals surface area (Å²) in [5.41, 5.74) is 0. The van der Waals surface area contributed by atoms with Gasteiger partial charge in [0.05, 0.1) is 13.0 Å². The molecule has 1 heterocycles. The van der Waals surface area contributed by atoms with Gasteiger partial charge < -0.3 is 14.4 Å². The molecule has 0 bridgehead atoms. The van der Waals surface area contributed by atoms with Gasteiger partial charge in [0.1, 0.15) is 0 Å². The van der Waals surface area contributed by atoms with Crippen molar-refractivity contribution in [2.45, 2.75) is 70.1 Å². The van der Waals surface area contributed by atoms with Gasteiger partial charge in [-0.25, -0.2) is 0 Å². The van der Waals surface area contributed by atoms with Crippen molar-refractivity contribution in [3.05, 3.63) is 11.7 Å². The lowest BCUT2D eigenvalue weighted by Crippen LogP contribution is -2.10. The first-order valence-corrected chi connectivity index (χ1v) is 8.72. The van der Waals surface area contributed by atoms with Crippen molar-refractivity contribution in [2.75, 3.05) is 13.7 Å². The van der Waals surface area contributed by atoms with E-state index in [1.54, 1.807) is 7.11 Å². The van der Waals surface area contributed by atoms with Crippen LogP contribution in [0.4, 0.5) is 0 Å². The third-order valence-corrected chi connectivity index (χ3v) is 4.67. The van der Waals surface area contributed by atoms with E-state index in [9.17, 15) is 4.79 Å². The number of carboxylic acid groups (broad SMARTS) is 1. The number of ether oxygens (including phenoxy) is 1. The molecule has 130 valence electrons. The van der Waals surface area contributed by atoms with Gasteiger partial charge in [0, 0.05) is 19.4 Å². The number of aromatic nitrogens is 2. The molecule has 1 N–H and O–H groups in total. The number of hydrogen-bond acceptors (Lipinski definition) is 5. The van der Waals surface area contributed by atoms with Gasteiger partial charge in [-0.3, -0.25) is 4.79 Å².